The largest absolute Gasteiger partial charge is 0.366 e. The van der Waals surface area contributed by atoms with Crippen LogP contribution in [0.2, 0.25) is 0 Å². The van der Waals surface area contributed by atoms with E-state index >= 15 is 0 Å². The molecule has 2 heterocycles. The van der Waals surface area contributed by atoms with Crippen LogP contribution in [-0.4, -0.2) is 19.7 Å². The lowest BCUT2D eigenvalue weighted by atomic mass is 10.2. The minimum Gasteiger partial charge on any atom is -0.366 e. The van der Waals surface area contributed by atoms with Crippen molar-refractivity contribution in [1.29, 1.82) is 0 Å². The Kier molecular flexibility index (Phi) is 3.36. The molecule has 0 radical (unpaired) electrons. The lowest BCUT2D eigenvalue weighted by molar-refractivity contribution is 0.580. The maximum absolute atomic E-state index is 13.0. The Bertz CT molecular complexity index is 696. The maximum atomic E-state index is 13.0. The molecule has 0 aliphatic rings. The van der Waals surface area contributed by atoms with Crippen molar-refractivity contribution in [3.8, 4) is 5.69 Å². The summed E-state index contributed by atoms with van der Waals surface area (Å²) in [5, 5.41) is 7.29. The van der Waals surface area contributed by atoms with Crippen molar-refractivity contribution in [3.63, 3.8) is 0 Å². The minimum absolute atomic E-state index is 0.452. The number of para-hydroxylation sites is 1. The van der Waals surface area contributed by atoms with Crippen LogP contribution in [0, 0.1) is 5.95 Å². The Hall–Kier alpha value is -2.76. The van der Waals surface area contributed by atoms with E-state index < -0.39 is 5.95 Å². The fraction of sp³-hybridized carbons (Fsp3) is 0.0714. The zero-order chi connectivity index (χ0) is 13.8. The number of benzene rings is 1. The third-order valence-electron chi connectivity index (χ3n) is 2.84. The van der Waals surface area contributed by atoms with Crippen molar-refractivity contribution < 1.29 is 4.39 Å². The fourth-order valence-corrected chi connectivity index (χ4v) is 1.91. The summed E-state index contributed by atoms with van der Waals surface area (Å²) < 4.78 is 14.8. The molecule has 0 spiro atoms. The van der Waals surface area contributed by atoms with Gasteiger partial charge in [-0.25, -0.2) is 14.6 Å². The number of halogens is 1. The van der Waals surface area contributed by atoms with Gasteiger partial charge in [-0.3, -0.25) is 0 Å². The summed E-state index contributed by atoms with van der Waals surface area (Å²) in [6.07, 6.45) is 4.80. The molecule has 3 rings (SSSR count). The molecule has 3 aromatic rings. The average molecular weight is 269 g/mol. The van der Waals surface area contributed by atoms with Gasteiger partial charge < -0.3 is 5.32 Å². The van der Waals surface area contributed by atoms with Gasteiger partial charge in [0.1, 0.15) is 12.1 Å². The molecule has 0 bridgehead atoms. The predicted octanol–water partition coefficient (Wildman–Crippen LogP) is 2.41. The topological polar surface area (TPSA) is 55.6 Å². The summed E-state index contributed by atoms with van der Waals surface area (Å²) in [7, 11) is 0. The Labute approximate surface area is 115 Å². The molecular formula is C14H12FN5. The molecule has 100 valence electrons. The number of nitrogens with zero attached hydrogens (tertiary/aromatic N) is 4. The standard InChI is InChI=1S/C14H12FN5/c15-13-8-14(18-10-17-13)16-9-11-4-1-2-5-12(11)20-7-3-6-19-20/h1-8,10H,9H2,(H,16,17,18). The second-order valence-electron chi connectivity index (χ2n) is 4.16. The Morgan fingerprint density at radius 1 is 1.15 bits per heavy atom. The molecule has 0 unspecified atom stereocenters. The van der Waals surface area contributed by atoms with Gasteiger partial charge in [0.15, 0.2) is 0 Å². The van der Waals surface area contributed by atoms with E-state index in [1.807, 2.05) is 36.5 Å². The molecule has 5 nitrogen and oxygen atoms in total. The lowest BCUT2D eigenvalue weighted by Gasteiger charge is -2.10. The van der Waals surface area contributed by atoms with Crippen molar-refractivity contribution in [2.24, 2.45) is 0 Å². The minimum atomic E-state index is -0.553. The highest BCUT2D eigenvalue weighted by atomic mass is 19.1. The van der Waals surface area contributed by atoms with Crippen LogP contribution < -0.4 is 5.32 Å². The highest BCUT2D eigenvalue weighted by Gasteiger charge is 2.04. The van der Waals surface area contributed by atoms with Crippen LogP contribution in [0.3, 0.4) is 0 Å². The number of rotatable bonds is 4. The van der Waals surface area contributed by atoms with Crippen LogP contribution in [0.5, 0.6) is 0 Å². The van der Waals surface area contributed by atoms with Gasteiger partial charge >= 0.3 is 0 Å². The molecular weight excluding hydrogens is 257 g/mol. The van der Waals surface area contributed by atoms with Crippen molar-refractivity contribution >= 4 is 5.82 Å². The third kappa shape index (κ3) is 2.64. The zero-order valence-corrected chi connectivity index (χ0v) is 10.6. The first-order valence-electron chi connectivity index (χ1n) is 6.12. The van der Waals surface area contributed by atoms with Crippen molar-refractivity contribution in [3.05, 3.63) is 66.6 Å². The maximum Gasteiger partial charge on any atom is 0.217 e. The second kappa shape index (κ2) is 5.48. The van der Waals surface area contributed by atoms with Gasteiger partial charge in [0, 0.05) is 25.0 Å². The molecule has 6 heteroatoms. The van der Waals surface area contributed by atoms with Gasteiger partial charge in [-0.1, -0.05) is 18.2 Å². The van der Waals surface area contributed by atoms with Gasteiger partial charge in [0.05, 0.1) is 5.69 Å². The van der Waals surface area contributed by atoms with Crippen molar-refractivity contribution in [1.82, 2.24) is 19.7 Å². The number of anilines is 1. The lowest BCUT2D eigenvalue weighted by Crippen LogP contribution is -2.06. The van der Waals surface area contributed by atoms with E-state index in [2.05, 4.69) is 20.4 Å². The molecule has 0 amide bonds. The van der Waals surface area contributed by atoms with Crippen LogP contribution in [0.25, 0.3) is 5.69 Å². The quantitative estimate of drug-likeness (QED) is 0.739. The molecule has 1 aromatic carbocycles. The highest BCUT2D eigenvalue weighted by Crippen LogP contribution is 2.15. The monoisotopic (exact) mass is 269 g/mol. The Balaban J connectivity index is 1.81. The van der Waals surface area contributed by atoms with Gasteiger partial charge in [-0.2, -0.15) is 9.49 Å². The third-order valence-corrected chi connectivity index (χ3v) is 2.84. The van der Waals surface area contributed by atoms with Gasteiger partial charge in [0.25, 0.3) is 0 Å². The van der Waals surface area contributed by atoms with Crippen molar-refractivity contribution in [2.75, 3.05) is 5.32 Å². The van der Waals surface area contributed by atoms with Crippen LogP contribution in [0.4, 0.5) is 10.2 Å². The molecule has 0 aliphatic carbocycles. The first-order valence-corrected chi connectivity index (χ1v) is 6.12. The molecule has 20 heavy (non-hydrogen) atoms. The summed E-state index contributed by atoms with van der Waals surface area (Å²) in [6, 6.07) is 11.0. The summed E-state index contributed by atoms with van der Waals surface area (Å²) in [6.45, 7) is 0.520. The summed E-state index contributed by atoms with van der Waals surface area (Å²) in [5.74, 6) is -0.101. The number of nitrogens with one attached hydrogen (secondary N) is 1. The Morgan fingerprint density at radius 3 is 2.85 bits per heavy atom. The zero-order valence-electron chi connectivity index (χ0n) is 10.6. The predicted molar refractivity (Wildman–Crippen MR) is 72.9 cm³/mol. The van der Waals surface area contributed by atoms with Crippen molar-refractivity contribution in [2.45, 2.75) is 6.54 Å². The van der Waals surface area contributed by atoms with E-state index in [9.17, 15) is 4.39 Å². The van der Waals surface area contributed by atoms with E-state index in [4.69, 9.17) is 0 Å². The Morgan fingerprint density at radius 2 is 2.05 bits per heavy atom. The first kappa shape index (κ1) is 12.3. The summed E-state index contributed by atoms with van der Waals surface area (Å²) in [5.41, 5.74) is 2.01. The molecule has 0 fully saturated rings. The van der Waals surface area contributed by atoms with Gasteiger partial charge in [-0.15, -0.1) is 0 Å². The number of aromatic nitrogens is 4. The first-order chi connectivity index (χ1) is 9.83. The molecule has 0 saturated carbocycles. The summed E-state index contributed by atoms with van der Waals surface area (Å²) >= 11 is 0. The molecule has 0 saturated heterocycles. The molecule has 2 aromatic heterocycles. The normalized spacial score (nSPS) is 10.4. The highest BCUT2D eigenvalue weighted by molar-refractivity contribution is 5.43. The van der Waals surface area contributed by atoms with E-state index in [0.29, 0.717) is 12.4 Å². The smallest absolute Gasteiger partial charge is 0.217 e. The van der Waals surface area contributed by atoms with Crippen LogP contribution >= 0.6 is 0 Å². The van der Waals surface area contributed by atoms with Crippen LogP contribution in [0.1, 0.15) is 5.56 Å². The van der Waals surface area contributed by atoms with Crippen LogP contribution in [-0.2, 0) is 6.54 Å². The average Bonchev–Trinajstić information content (AvgIpc) is 3.00. The second-order valence-corrected chi connectivity index (χ2v) is 4.16. The van der Waals surface area contributed by atoms with E-state index in [0.717, 1.165) is 11.3 Å². The summed E-state index contributed by atoms with van der Waals surface area (Å²) in [4.78, 5) is 7.38. The van der Waals surface area contributed by atoms with Gasteiger partial charge in [0.2, 0.25) is 5.95 Å². The molecule has 0 atom stereocenters. The van der Waals surface area contributed by atoms with E-state index in [1.54, 1.807) is 10.9 Å². The fourth-order valence-electron chi connectivity index (χ4n) is 1.91. The number of hydrogen-bond donors (Lipinski definition) is 1. The SMILES string of the molecule is Fc1cc(NCc2ccccc2-n2cccn2)ncn1. The molecule has 0 aliphatic heterocycles. The molecule has 1 N–H and O–H groups in total. The number of hydrogen-bond acceptors (Lipinski definition) is 4. The van der Waals surface area contributed by atoms with E-state index in [-0.39, 0.29) is 0 Å². The van der Waals surface area contributed by atoms with E-state index in [1.165, 1.54) is 12.4 Å². The van der Waals surface area contributed by atoms with Crippen LogP contribution in [0.15, 0.2) is 55.1 Å². The van der Waals surface area contributed by atoms with Gasteiger partial charge in [-0.05, 0) is 17.7 Å².